The Morgan fingerprint density at radius 2 is 2.36 bits per heavy atom. The summed E-state index contributed by atoms with van der Waals surface area (Å²) in [6.45, 7) is 4.74. The highest BCUT2D eigenvalue weighted by Crippen LogP contribution is 2.39. The van der Waals surface area contributed by atoms with Gasteiger partial charge in [-0.3, -0.25) is 0 Å². The van der Waals surface area contributed by atoms with Crippen LogP contribution >= 0.6 is 11.3 Å². The Labute approximate surface area is 90.5 Å². The van der Waals surface area contributed by atoms with E-state index in [-0.39, 0.29) is 0 Å². The predicted octanol–water partition coefficient (Wildman–Crippen LogP) is 3.07. The van der Waals surface area contributed by atoms with E-state index in [0.29, 0.717) is 5.41 Å². The zero-order valence-corrected chi connectivity index (χ0v) is 9.70. The quantitative estimate of drug-likeness (QED) is 0.735. The molecule has 1 aromatic rings. The van der Waals surface area contributed by atoms with E-state index in [1.54, 1.807) is 0 Å². The van der Waals surface area contributed by atoms with Gasteiger partial charge in [-0.25, -0.2) is 0 Å². The maximum absolute atomic E-state index is 3.57. The van der Waals surface area contributed by atoms with Crippen molar-refractivity contribution in [2.45, 2.75) is 32.6 Å². The fourth-order valence-corrected chi connectivity index (χ4v) is 2.72. The molecule has 0 amide bonds. The second-order valence-electron chi connectivity index (χ2n) is 4.67. The second kappa shape index (κ2) is 4.45. The van der Waals surface area contributed by atoms with E-state index in [1.165, 1.54) is 37.1 Å². The van der Waals surface area contributed by atoms with Gasteiger partial charge in [-0.2, -0.15) is 0 Å². The summed E-state index contributed by atoms with van der Waals surface area (Å²) < 4.78 is 0. The van der Waals surface area contributed by atoms with E-state index >= 15 is 0 Å². The molecule has 1 saturated carbocycles. The first-order valence-electron chi connectivity index (χ1n) is 5.52. The Morgan fingerprint density at radius 3 is 2.93 bits per heavy atom. The van der Waals surface area contributed by atoms with Gasteiger partial charge in [0, 0.05) is 11.4 Å². The van der Waals surface area contributed by atoms with Crippen LogP contribution in [0, 0.1) is 5.41 Å². The van der Waals surface area contributed by atoms with E-state index in [4.69, 9.17) is 0 Å². The molecule has 1 fully saturated rings. The van der Waals surface area contributed by atoms with Gasteiger partial charge in [0.25, 0.3) is 0 Å². The third kappa shape index (κ3) is 2.58. The monoisotopic (exact) mass is 209 g/mol. The van der Waals surface area contributed by atoms with Gasteiger partial charge in [0.15, 0.2) is 0 Å². The lowest BCUT2D eigenvalue weighted by molar-refractivity contribution is 0.157. The molecule has 1 aliphatic rings. The third-order valence-corrected chi connectivity index (χ3v) is 4.18. The molecule has 2 rings (SSSR count). The summed E-state index contributed by atoms with van der Waals surface area (Å²) in [4.78, 5) is 1.50. The van der Waals surface area contributed by atoms with Gasteiger partial charge in [0.1, 0.15) is 0 Å². The minimum atomic E-state index is 0.620. The number of nitrogens with one attached hydrogen (secondary N) is 1. The Bertz CT molecular complexity index is 262. The Hall–Kier alpha value is -0.340. The maximum atomic E-state index is 3.57. The van der Waals surface area contributed by atoms with Crippen LogP contribution in [-0.2, 0) is 6.42 Å². The molecular weight excluding hydrogens is 190 g/mol. The molecule has 0 aliphatic heterocycles. The zero-order chi connectivity index (χ0) is 9.86. The summed E-state index contributed by atoms with van der Waals surface area (Å²) >= 11 is 1.86. The van der Waals surface area contributed by atoms with Gasteiger partial charge < -0.3 is 5.32 Å². The summed E-state index contributed by atoms with van der Waals surface area (Å²) in [5, 5.41) is 5.73. The summed E-state index contributed by atoms with van der Waals surface area (Å²) in [7, 11) is 0. The Balaban J connectivity index is 1.59. The Kier molecular flexibility index (Phi) is 3.24. The first-order chi connectivity index (χ1) is 6.79. The van der Waals surface area contributed by atoms with Crippen LogP contribution in [0.15, 0.2) is 17.5 Å². The molecule has 1 aliphatic carbocycles. The van der Waals surface area contributed by atoms with Crippen LogP contribution in [0.25, 0.3) is 0 Å². The summed E-state index contributed by atoms with van der Waals surface area (Å²) in [5.74, 6) is 0. The average molecular weight is 209 g/mol. The van der Waals surface area contributed by atoms with Gasteiger partial charge in [-0.1, -0.05) is 19.4 Å². The van der Waals surface area contributed by atoms with Crippen molar-refractivity contribution in [3.63, 3.8) is 0 Å². The summed E-state index contributed by atoms with van der Waals surface area (Å²) in [5.41, 5.74) is 0.620. The van der Waals surface area contributed by atoms with Crippen molar-refractivity contribution in [1.82, 2.24) is 5.32 Å². The van der Waals surface area contributed by atoms with Crippen LogP contribution in [0.3, 0.4) is 0 Å². The number of thiophene rings is 1. The molecule has 1 N–H and O–H groups in total. The lowest BCUT2D eigenvalue weighted by Crippen LogP contribution is -2.37. The second-order valence-corrected chi connectivity index (χ2v) is 5.70. The van der Waals surface area contributed by atoms with Crippen LogP contribution < -0.4 is 5.32 Å². The van der Waals surface area contributed by atoms with E-state index < -0.39 is 0 Å². The average Bonchev–Trinajstić information content (AvgIpc) is 2.62. The van der Waals surface area contributed by atoms with Crippen LogP contribution in [0.4, 0.5) is 0 Å². The van der Waals surface area contributed by atoms with E-state index in [0.717, 1.165) is 6.54 Å². The molecule has 2 heteroatoms. The predicted molar refractivity (Wildman–Crippen MR) is 62.9 cm³/mol. The van der Waals surface area contributed by atoms with Crippen molar-refractivity contribution >= 4 is 11.3 Å². The van der Waals surface area contributed by atoms with E-state index in [2.05, 4.69) is 29.8 Å². The molecule has 0 saturated heterocycles. The van der Waals surface area contributed by atoms with Gasteiger partial charge in [-0.15, -0.1) is 11.3 Å². The molecule has 0 aromatic carbocycles. The normalized spacial score (nSPS) is 19.2. The van der Waals surface area contributed by atoms with Crippen LogP contribution in [0.2, 0.25) is 0 Å². The number of rotatable bonds is 5. The fraction of sp³-hybridized carbons (Fsp3) is 0.667. The minimum Gasteiger partial charge on any atom is -0.316 e. The number of hydrogen-bond donors (Lipinski definition) is 1. The van der Waals surface area contributed by atoms with Crippen molar-refractivity contribution in [2.24, 2.45) is 5.41 Å². The maximum Gasteiger partial charge on any atom is 0.00578 e. The smallest absolute Gasteiger partial charge is 0.00578 e. The zero-order valence-electron chi connectivity index (χ0n) is 8.88. The van der Waals surface area contributed by atoms with Crippen molar-refractivity contribution in [1.29, 1.82) is 0 Å². The van der Waals surface area contributed by atoms with Gasteiger partial charge in [0.05, 0.1) is 0 Å². The van der Waals surface area contributed by atoms with E-state index in [9.17, 15) is 0 Å². The molecule has 0 radical (unpaired) electrons. The molecule has 1 aromatic heterocycles. The molecule has 14 heavy (non-hydrogen) atoms. The molecule has 0 spiro atoms. The standard InChI is InChI=1S/C12H19NS/c1-12(6-3-7-12)10-13-8-5-11-4-2-9-14-11/h2,4,9,13H,3,5-8,10H2,1H3. The molecular formula is C12H19NS. The SMILES string of the molecule is CC1(CNCCc2cccs2)CCC1. The van der Waals surface area contributed by atoms with Gasteiger partial charge in [-0.05, 0) is 42.7 Å². The van der Waals surface area contributed by atoms with Gasteiger partial charge >= 0.3 is 0 Å². The number of hydrogen-bond acceptors (Lipinski definition) is 2. The molecule has 0 bridgehead atoms. The first kappa shape index (κ1) is 10.2. The van der Waals surface area contributed by atoms with Crippen LogP contribution in [0.1, 0.15) is 31.1 Å². The van der Waals surface area contributed by atoms with E-state index in [1.807, 2.05) is 11.3 Å². The minimum absolute atomic E-state index is 0.620. The summed E-state index contributed by atoms with van der Waals surface area (Å²) in [6, 6.07) is 4.35. The molecule has 0 unspecified atom stereocenters. The fourth-order valence-electron chi connectivity index (χ4n) is 2.01. The highest BCUT2D eigenvalue weighted by Gasteiger charge is 2.30. The molecule has 0 atom stereocenters. The lowest BCUT2D eigenvalue weighted by atomic mass is 9.70. The highest BCUT2D eigenvalue weighted by atomic mass is 32.1. The lowest BCUT2D eigenvalue weighted by Gasteiger charge is -2.38. The Morgan fingerprint density at radius 1 is 1.50 bits per heavy atom. The van der Waals surface area contributed by atoms with Crippen LogP contribution in [-0.4, -0.2) is 13.1 Å². The van der Waals surface area contributed by atoms with Crippen molar-refractivity contribution in [2.75, 3.05) is 13.1 Å². The molecule has 78 valence electrons. The van der Waals surface area contributed by atoms with Gasteiger partial charge in [0.2, 0.25) is 0 Å². The largest absolute Gasteiger partial charge is 0.316 e. The molecule has 1 nitrogen and oxygen atoms in total. The highest BCUT2D eigenvalue weighted by molar-refractivity contribution is 7.09. The summed E-state index contributed by atoms with van der Waals surface area (Å²) in [6.07, 6.45) is 5.45. The topological polar surface area (TPSA) is 12.0 Å². The van der Waals surface area contributed by atoms with Crippen molar-refractivity contribution in [3.05, 3.63) is 22.4 Å². The van der Waals surface area contributed by atoms with Crippen molar-refractivity contribution in [3.8, 4) is 0 Å². The first-order valence-corrected chi connectivity index (χ1v) is 6.40. The van der Waals surface area contributed by atoms with Crippen molar-refractivity contribution < 1.29 is 0 Å². The third-order valence-electron chi connectivity index (χ3n) is 3.24. The van der Waals surface area contributed by atoms with Crippen LogP contribution in [0.5, 0.6) is 0 Å². The molecule has 1 heterocycles.